The van der Waals surface area contributed by atoms with Crippen LogP contribution in [-0.2, 0) is 10.1 Å². The topological polar surface area (TPSA) is 149 Å². The summed E-state index contributed by atoms with van der Waals surface area (Å²) in [5.74, 6) is 0. The molecule has 0 fully saturated rings. The number of aromatic amines is 2. The Kier molecular flexibility index (Phi) is 1.97. The summed E-state index contributed by atoms with van der Waals surface area (Å²) in [6.07, 6.45) is 0. The van der Waals surface area contributed by atoms with Crippen LogP contribution in [0, 0.1) is 0 Å². The molecule has 9 heteroatoms. The van der Waals surface area contributed by atoms with Crippen molar-refractivity contribution in [3.63, 3.8) is 0 Å². The van der Waals surface area contributed by atoms with Gasteiger partial charge in [0.1, 0.15) is 15.8 Å². The Morgan fingerprint density at radius 2 is 1.77 bits per heavy atom. The number of nitrogens with one attached hydrogen (secondary N) is 2. The van der Waals surface area contributed by atoms with Crippen LogP contribution in [0.1, 0.15) is 0 Å². The van der Waals surface area contributed by atoms with E-state index >= 15 is 0 Å². The fraction of sp³-hybridized carbons (Fsp3) is 0. The second kappa shape index (κ2) is 2.71. The summed E-state index contributed by atoms with van der Waals surface area (Å²) in [7, 11) is -4.93. The van der Waals surface area contributed by atoms with E-state index in [2.05, 4.69) is 0 Å². The molecule has 0 aliphatic rings. The van der Waals surface area contributed by atoms with Crippen molar-refractivity contribution in [2.75, 3.05) is 5.73 Å². The molecule has 0 spiro atoms. The van der Waals surface area contributed by atoms with Gasteiger partial charge in [0, 0.05) is 0 Å². The Hall–Kier alpha value is -1.61. The van der Waals surface area contributed by atoms with Crippen molar-refractivity contribution in [3.8, 4) is 0 Å². The Bertz CT molecular complexity index is 538. The number of H-pyrrole nitrogens is 2. The molecular formula is C4H4N3O5S-. The van der Waals surface area contributed by atoms with Gasteiger partial charge in [-0.25, -0.2) is 13.2 Å². The van der Waals surface area contributed by atoms with E-state index in [0.29, 0.717) is 0 Å². The number of hydrogen-bond donors (Lipinski definition) is 3. The normalized spacial score (nSPS) is 11.5. The van der Waals surface area contributed by atoms with Crippen molar-refractivity contribution in [1.82, 2.24) is 9.97 Å². The summed E-state index contributed by atoms with van der Waals surface area (Å²) in [6.45, 7) is 0. The molecule has 0 aliphatic carbocycles. The highest BCUT2D eigenvalue weighted by molar-refractivity contribution is 7.85. The average molecular weight is 206 g/mol. The molecule has 0 bridgehead atoms. The van der Waals surface area contributed by atoms with Gasteiger partial charge in [0.05, 0.1) is 0 Å². The number of nitrogen functional groups attached to an aromatic ring is 1. The van der Waals surface area contributed by atoms with Gasteiger partial charge >= 0.3 is 5.69 Å². The molecule has 0 aliphatic heterocycles. The van der Waals surface area contributed by atoms with E-state index < -0.39 is 32.1 Å². The van der Waals surface area contributed by atoms with E-state index in [1.165, 1.54) is 0 Å². The summed E-state index contributed by atoms with van der Waals surface area (Å²) in [5.41, 5.74) is 1.90. The fourth-order valence-corrected chi connectivity index (χ4v) is 1.25. The smallest absolute Gasteiger partial charge is 0.326 e. The first kappa shape index (κ1) is 9.48. The standard InChI is InChI=1S/C4H5N3O5S/c5-1-2(8)6-4(9)7-3(1)13(10,11)12/h5H2,(H,10,11,12)(H2,6,7,8,9)/p-1. The first-order valence-corrected chi connectivity index (χ1v) is 4.31. The van der Waals surface area contributed by atoms with Crippen molar-refractivity contribution < 1.29 is 13.0 Å². The molecule has 0 saturated carbocycles. The Balaban J connectivity index is 3.76. The van der Waals surface area contributed by atoms with Gasteiger partial charge in [0.15, 0.2) is 5.03 Å². The Labute approximate surface area is 71.2 Å². The maximum atomic E-state index is 10.7. The highest BCUT2D eigenvalue weighted by Crippen LogP contribution is 2.05. The number of hydrogen-bond acceptors (Lipinski definition) is 6. The number of anilines is 1. The summed E-state index contributed by atoms with van der Waals surface area (Å²) >= 11 is 0. The van der Waals surface area contributed by atoms with E-state index in [0.717, 1.165) is 0 Å². The first-order chi connectivity index (χ1) is 5.82. The van der Waals surface area contributed by atoms with E-state index in [1.54, 1.807) is 9.97 Å². The molecule has 0 radical (unpaired) electrons. The van der Waals surface area contributed by atoms with E-state index in [9.17, 15) is 22.6 Å². The van der Waals surface area contributed by atoms with Crippen LogP contribution in [0.4, 0.5) is 5.69 Å². The lowest BCUT2D eigenvalue weighted by atomic mass is 10.5. The number of rotatable bonds is 1. The molecule has 13 heavy (non-hydrogen) atoms. The second-order valence-electron chi connectivity index (χ2n) is 2.11. The van der Waals surface area contributed by atoms with Crippen LogP contribution in [0.15, 0.2) is 14.6 Å². The second-order valence-corrected chi connectivity index (χ2v) is 3.42. The lowest BCUT2D eigenvalue weighted by Gasteiger charge is -2.07. The van der Waals surface area contributed by atoms with Gasteiger partial charge in [-0.15, -0.1) is 0 Å². The van der Waals surface area contributed by atoms with Crippen molar-refractivity contribution in [2.24, 2.45) is 0 Å². The van der Waals surface area contributed by atoms with Crippen LogP contribution in [0.2, 0.25) is 0 Å². The van der Waals surface area contributed by atoms with Gasteiger partial charge in [-0.05, 0) is 0 Å². The lowest BCUT2D eigenvalue weighted by Crippen LogP contribution is -2.28. The summed E-state index contributed by atoms with van der Waals surface area (Å²) in [6, 6.07) is 0. The zero-order chi connectivity index (χ0) is 10.2. The van der Waals surface area contributed by atoms with Crippen molar-refractivity contribution >= 4 is 15.8 Å². The van der Waals surface area contributed by atoms with Gasteiger partial charge < -0.3 is 10.3 Å². The average Bonchev–Trinajstić information content (AvgIpc) is 1.94. The van der Waals surface area contributed by atoms with Gasteiger partial charge in [-0.3, -0.25) is 14.8 Å². The highest BCUT2D eigenvalue weighted by Gasteiger charge is 2.10. The molecule has 1 aromatic rings. The van der Waals surface area contributed by atoms with E-state index in [4.69, 9.17) is 5.73 Å². The summed E-state index contributed by atoms with van der Waals surface area (Å²) < 4.78 is 31.2. The molecule has 0 saturated heterocycles. The molecule has 0 aromatic carbocycles. The summed E-state index contributed by atoms with van der Waals surface area (Å²) in [5, 5.41) is -1.11. The molecular weight excluding hydrogens is 202 g/mol. The van der Waals surface area contributed by atoms with Crippen LogP contribution in [0.25, 0.3) is 0 Å². The van der Waals surface area contributed by atoms with Gasteiger partial charge in [-0.2, -0.15) is 0 Å². The maximum absolute atomic E-state index is 10.7. The molecule has 4 N–H and O–H groups in total. The molecule has 1 rings (SSSR count). The monoisotopic (exact) mass is 206 g/mol. The quantitative estimate of drug-likeness (QED) is 0.343. The SMILES string of the molecule is Nc1c(S(=O)(=O)[O-])[nH]c(=O)[nH]c1=O. The molecule has 1 aromatic heterocycles. The first-order valence-electron chi connectivity index (χ1n) is 2.90. The molecule has 8 nitrogen and oxygen atoms in total. The lowest BCUT2D eigenvalue weighted by molar-refractivity contribution is 0.459. The maximum Gasteiger partial charge on any atom is 0.326 e. The van der Waals surface area contributed by atoms with Crippen LogP contribution in [0.3, 0.4) is 0 Å². The fourth-order valence-electron chi connectivity index (χ4n) is 0.672. The highest BCUT2D eigenvalue weighted by atomic mass is 32.2. The third kappa shape index (κ3) is 1.76. The predicted molar refractivity (Wildman–Crippen MR) is 40.1 cm³/mol. The minimum atomic E-state index is -4.93. The van der Waals surface area contributed by atoms with E-state index in [1.807, 2.05) is 0 Å². The van der Waals surface area contributed by atoms with E-state index in [-0.39, 0.29) is 0 Å². The third-order valence-corrected chi connectivity index (χ3v) is 2.02. The zero-order valence-corrected chi connectivity index (χ0v) is 6.84. The Morgan fingerprint density at radius 3 is 2.23 bits per heavy atom. The van der Waals surface area contributed by atoms with Crippen LogP contribution in [-0.4, -0.2) is 22.9 Å². The van der Waals surface area contributed by atoms with Crippen molar-refractivity contribution in [1.29, 1.82) is 0 Å². The molecule has 72 valence electrons. The molecule has 0 unspecified atom stereocenters. The number of nitrogens with two attached hydrogens (primary N) is 1. The van der Waals surface area contributed by atoms with Crippen LogP contribution >= 0.6 is 0 Å². The summed E-state index contributed by atoms with van der Waals surface area (Å²) in [4.78, 5) is 24.5. The van der Waals surface area contributed by atoms with Gasteiger partial charge in [0.25, 0.3) is 5.56 Å². The van der Waals surface area contributed by atoms with Gasteiger partial charge in [-0.1, -0.05) is 0 Å². The van der Waals surface area contributed by atoms with Crippen LogP contribution < -0.4 is 17.0 Å². The minimum Gasteiger partial charge on any atom is -0.743 e. The van der Waals surface area contributed by atoms with Gasteiger partial charge in [0.2, 0.25) is 0 Å². The van der Waals surface area contributed by atoms with Crippen molar-refractivity contribution in [2.45, 2.75) is 5.03 Å². The van der Waals surface area contributed by atoms with Crippen LogP contribution in [0.5, 0.6) is 0 Å². The molecule has 0 atom stereocenters. The molecule has 0 amide bonds. The minimum absolute atomic E-state index is 0.824. The zero-order valence-electron chi connectivity index (χ0n) is 6.03. The predicted octanol–water partition coefficient (Wildman–Crippen LogP) is -2.45. The number of aromatic nitrogens is 2. The Morgan fingerprint density at radius 1 is 1.23 bits per heavy atom. The largest absolute Gasteiger partial charge is 0.743 e. The molecule has 1 heterocycles. The third-order valence-electron chi connectivity index (χ3n) is 1.19. The van der Waals surface area contributed by atoms with Crippen molar-refractivity contribution in [3.05, 3.63) is 20.8 Å².